The third-order valence-corrected chi connectivity index (χ3v) is 3.36. The van der Waals surface area contributed by atoms with Crippen LogP contribution in [0.2, 0.25) is 0 Å². The quantitative estimate of drug-likeness (QED) is 0.885. The molecular formula is C11H11F2N3O4S. The molecule has 2 rings (SSSR count). The molecule has 0 aliphatic carbocycles. The van der Waals surface area contributed by atoms with Crippen LogP contribution in [0.3, 0.4) is 0 Å². The molecule has 114 valence electrons. The first-order chi connectivity index (χ1) is 9.81. The second kappa shape index (κ2) is 5.74. The fraction of sp³-hybridized carbons (Fsp3) is 0.273. The minimum Gasteiger partial charge on any atom is -0.478 e. The van der Waals surface area contributed by atoms with E-state index in [1.165, 1.54) is 0 Å². The first kappa shape index (κ1) is 15.3. The Morgan fingerprint density at radius 2 is 1.95 bits per heavy atom. The molecule has 0 atom stereocenters. The van der Waals surface area contributed by atoms with Gasteiger partial charge in [0.2, 0.25) is 10.0 Å². The number of ether oxygens (including phenoxy) is 1. The minimum atomic E-state index is -4.21. The molecule has 0 bridgehead atoms. The topological polar surface area (TPSA) is 108 Å². The molecule has 0 spiro atoms. The summed E-state index contributed by atoms with van der Waals surface area (Å²) in [5.74, 6) is -2.68. The monoisotopic (exact) mass is 319 g/mol. The third-order valence-electron chi connectivity index (χ3n) is 2.47. The van der Waals surface area contributed by atoms with Crippen molar-refractivity contribution >= 4 is 10.0 Å². The summed E-state index contributed by atoms with van der Waals surface area (Å²) >= 11 is 0. The Balaban J connectivity index is 2.21. The Morgan fingerprint density at radius 3 is 2.43 bits per heavy atom. The Labute approximate surface area is 118 Å². The van der Waals surface area contributed by atoms with Crippen LogP contribution in [-0.4, -0.2) is 18.6 Å². The summed E-state index contributed by atoms with van der Waals surface area (Å²) < 4.78 is 59.1. The van der Waals surface area contributed by atoms with Gasteiger partial charge in [-0.2, -0.15) is 4.98 Å². The maximum atomic E-state index is 13.7. The molecule has 0 aliphatic heterocycles. The molecule has 21 heavy (non-hydrogen) atoms. The van der Waals surface area contributed by atoms with Crippen LogP contribution in [0, 0.1) is 11.6 Å². The molecule has 10 heteroatoms. The van der Waals surface area contributed by atoms with Gasteiger partial charge in [-0.15, -0.1) is 0 Å². The molecule has 1 heterocycles. The number of sulfonamides is 1. The van der Waals surface area contributed by atoms with Crippen molar-refractivity contribution in [3.63, 3.8) is 0 Å². The highest BCUT2D eigenvalue weighted by Crippen LogP contribution is 2.25. The lowest BCUT2D eigenvalue weighted by molar-refractivity contribution is 0.224. The van der Waals surface area contributed by atoms with E-state index in [0.717, 1.165) is 0 Å². The number of halogens is 2. The number of nitrogens with two attached hydrogens (primary N) is 1. The normalized spacial score (nSPS) is 11.6. The second-order valence-corrected chi connectivity index (χ2v) is 5.57. The number of nitrogens with zero attached hydrogens (tertiary/aromatic N) is 2. The second-order valence-electron chi connectivity index (χ2n) is 4.01. The smallest absolute Gasteiger partial charge is 0.264 e. The molecule has 0 radical (unpaired) electrons. The molecule has 0 saturated carbocycles. The van der Waals surface area contributed by atoms with Crippen molar-refractivity contribution < 1.29 is 26.5 Å². The van der Waals surface area contributed by atoms with E-state index < -0.39 is 32.3 Å². The highest BCUT2D eigenvalue weighted by molar-refractivity contribution is 7.89. The molecule has 2 N–H and O–H groups in total. The largest absolute Gasteiger partial charge is 0.478 e. The number of hydrogen-bond acceptors (Lipinski definition) is 6. The molecule has 0 amide bonds. The summed E-state index contributed by atoms with van der Waals surface area (Å²) in [6.45, 7) is 1.45. The van der Waals surface area contributed by atoms with Crippen molar-refractivity contribution in [1.82, 2.24) is 10.1 Å². The third kappa shape index (κ3) is 3.52. The van der Waals surface area contributed by atoms with Crippen molar-refractivity contribution in [1.29, 1.82) is 0 Å². The average molecular weight is 319 g/mol. The number of benzene rings is 1. The van der Waals surface area contributed by atoms with Crippen molar-refractivity contribution in [3.8, 4) is 5.75 Å². The summed E-state index contributed by atoms with van der Waals surface area (Å²) in [4.78, 5) is 3.21. The first-order valence-corrected chi connectivity index (χ1v) is 7.32. The van der Waals surface area contributed by atoms with Crippen LogP contribution < -0.4 is 9.88 Å². The van der Waals surface area contributed by atoms with Gasteiger partial charge in [0.05, 0.1) is 4.90 Å². The zero-order chi connectivity index (χ0) is 15.6. The number of aryl methyl sites for hydroxylation is 1. The van der Waals surface area contributed by atoms with Crippen LogP contribution in [0.1, 0.15) is 18.6 Å². The lowest BCUT2D eigenvalue weighted by atomic mass is 10.3. The van der Waals surface area contributed by atoms with Crippen LogP contribution in [0.15, 0.2) is 21.6 Å². The van der Waals surface area contributed by atoms with E-state index in [0.29, 0.717) is 24.4 Å². The lowest BCUT2D eigenvalue weighted by Gasteiger charge is -2.07. The molecule has 7 nitrogen and oxygen atoms in total. The summed E-state index contributed by atoms with van der Waals surface area (Å²) in [5, 5.41) is 8.38. The number of primary sulfonamides is 1. The van der Waals surface area contributed by atoms with Crippen molar-refractivity contribution in [2.45, 2.75) is 24.8 Å². The number of hydrogen-bond donors (Lipinski definition) is 1. The molecule has 2 aromatic rings. The van der Waals surface area contributed by atoms with Gasteiger partial charge in [-0.3, -0.25) is 0 Å². The molecule has 0 saturated heterocycles. The SMILES string of the molecule is CCc1noc(COc2c(F)cc(S(N)(=O)=O)cc2F)n1. The Morgan fingerprint density at radius 1 is 1.33 bits per heavy atom. The molecule has 0 unspecified atom stereocenters. The standard InChI is InChI=1S/C11H11F2N3O4S/c1-2-9-15-10(20-16-9)5-19-11-7(12)3-6(4-8(11)13)21(14,17)18/h3-4H,2,5H2,1H3,(H2,14,17,18). The van der Waals surface area contributed by atoms with Gasteiger partial charge in [0.1, 0.15) is 0 Å². The fourth-order valence-electron chi connectivity index (χ4n) is 1.47. The molecule has 1 aromatic heterocycles. The summed E-state index contributed by atoms with van der Waals surface area (Å²) in [6.07, 6.45) is 0.537. The van der Waals surface area contributed by atoms with E-state index in [4.69, 9.17) is 14.4 Å². The number of rotatable bonds is 5. The van der Waals surface area contributed by atoms with Crippen LogP contribution in [0.5, 0.6) is 5.75 Å². The van der Waals surface area contributed by atoms with E-state index in [2.05, 4.69) is 10.1 Å². The predicted molar refractivity (Wildman–Crippen MR) is 65.7 cm³/mol. The van der Waals surface area contributed by atoms with Gasteiger partial charge in [0.15, 0.2) is 29.8 Å². The van der Waals surface area contributed by atoms with E-state index in [1.807, 2.05) is 0 Å². The minimum absolute atomic E-state index is 0.0428. The van der Waals surface area contributed by atoms with Gasteiger partial charge in [0, 0.05) is 6.42 Å². The van der Waals surface area contributed by atoms with Gasteiger partial charge >= 0.3 is 0 Å². The van der Waals surface area contributed by atoms with Crippen molar-refractivity contribution in [2.75, 3.05) is 0 Å². The zero-order valence-corrected chi connectivity index (χ0v) is 11.7. The average Bonchev–Trinajstić information content (AvgIpc) is 2.84. The number of aromatic nitrogens is 2. The van der Waals surface area contributed by atoms with Gasteiger partial charge in [0.25, 0.3) is 5.89 Å². The van der Waals surface area contributed by atoms with E-state index in [9.17, 15) is 17.2 Å². The molecule has 1 aromatic carbocycles. The highest BCUT2D eigenvalue weighted by atomic mass is 32.2. The zero-order valence-electron chi connectivity index (χ0n) is 10.8. The fourth-order valence-corrected chi connectivity index (χ4v) is 2.00. The van der Waals surface area contributed by atoms with E-state index >= 15 is 0 Å². The van der Waals surface area contributed by atoms with Crippen molar-refractivity contribution in [2.24, 2.45) is 5.14 Å². The highest BCUT2D eigenvalue weighted by Gasteiger charge is 2.19. The summed E-state index contributed by atoms with van der Waals surface area (Å²) in [6, 6.07) is 1.14. The summed E-state index contributed by atoms with van der Waals surface area (Å²) in [5.41, 5.74) is 0. The molecular weight excluding hydrogens is 308 g/mol. The summed E-state index contributed by atoms with van der Waals surface area (Å²) in [7, 11) is -4.21. The maximum absolute atomic E-state index is 13.7. The van der Waals surface area contributed by atoms with E-state index in [-0.39, 0.29) is 12.5 Å². The van der Waals surface area contributed by atoms with Gasteiger partial charge < -0.3 is 9.26 Å². The van der Waals surface area contributed by atoms with Crippen LogP contribution >= 0.6 is 0 Å². The Hall–Kier alpha value is -2.07. The van der Waals surface area contributed by atoms with E-state index in [1.54, 1.807) is 6.92 Å². The van der Waals surface area contributed by atoms with Crippen LogP contribution in [0.4, 0.5) is 8.78 Å². The predicted octanol–water partition coefficient (Wildman–Crippen LogP) is 1.14. The van der Waals surface area contributed by atoms with Crippen LogP contribution in [-0.2, 0) is 23.1 Å². The molecule has 0 fully saturated rings. The van der Waals surface area contributed by atoms with Crippen LogP contribution in [0.25, 0.3) is 0 Å². The van der Waals surface area contributed by atoms with Crippen molar-refractivity contribution in [3.05, 3.63) is 35.5 Å². The Kier molecular flexibility index (Phi) is 4.19. The lowest BCUT2D eigenvalue weighted by Crippen LogP contribution is -2.13. The van der Waals surface area contributed by atoms with Gasteiger partial charge in [-0.25, -0.2) is 22.3 Å². The maximum Gasteiger partial charge on any atom is 0.264 e. The van der Waals surface area contributed by atoms with Gasteiger partial charge in [-0.1, -0.05) is 12.1 Å². The van der Waals surface area contributed by atoms with Gasteiger partial charge in [-0.05, 0) is 12.1 Å². The first-order valence-electron chi connectivity index (χ1n) is 5.77. The molecule has 0 aliphatic rings. The Bertz CT molecular complexity index is 738.